The summed E-state index contributed by atoms with van der Waals surface area (Å²) in [6, 6.07) is 1.88. The number of hydrogen-bond donors (Lipinski definition) is 2. The van der Waals surface area contributed by atoms with Gasteiger partial charge in [-0.1, -0.05) is 0 Å². The molecule has 1 atom stereocenters. The molecule has 2 rings (SSSR count). The van der Waals surface area contributed by atoms with Gasteiger partial charge in [0.25, 0.3) is 5.91 Å². The molecule has 3 N–H and O–H groups in total. The Morgan fingerprint density at radius 3 is 3.05 bits per heavy atom. The first-order valence-corrected chi connectivity index (χ1v) is 6.41. The maximum atomic E-state index is 12.0. The second-order valence-electron chi connectivity index (χ2n) is 3.91. The van der Waals surface area contributed by atoms with Crippen molar-refractivity contribution in [1.82, 2.24) is 25.5 Å². The zero-order valence-electron chi connectivity index (χ0n) is 10.3. The summed E-state index contributed by atoms with van der Waals surface area (Å²) >= 11 is 1.36. The van der Waals surface area contributed by atoms with Crippen LogP contribution < -0.4 is 11.1 Å². The molecule has 0 saturated heterocycles. The van der Waals surface area contributed by atoms with Crippen LogP contribution in [-0.2, 0) is 0 Å². The van der Waals surface area contributed by atoms with Crippen LogP contribution in [0.2, 0.25) is 0 Å². The van der Waals surface area contributed by atoms with Crippen LogP contribution in [-0.4, -0.2) is 38.7 Å². The number of hydrogen-bond acceptors (Lipinski definition) is 6. The van der Waals surface area contributed by atoms with Gasteiger partial charge in [0.15, 0.2) is 0 Å². The predicted octanol–water partition coefficient (Wildman–Crippen LogP) is 0.613. The fourth-order valence-electron chi connectivity index (χ4n) is 1.42. The van der Waals surface area contributed by atoms with Crippen molar-refractivity contribution in [3.63, 3.8) is 0 Å². The lowest BCUT2D eigenvalue weighted by molar-refractivity contribution is 0.0956. The first-order valence-electron chi connectivity index (χ1n) is 5.53. The molecule has 0 saturated carbocycles. The summed E-state index contributed by atoms with van der Waals surface area (Å²) < 4.78 is 1.47. The summed E-state index contributed by atoms with van der Waals surface area (Å²) in [5.74, 6) is -0.129. The standard InChI is InChI=1S/C10H14N6OS.ClH/c1-7(11)2-4-12-10(17)9-8(3-5-18-9)16-6-13-14-15-16;/h3,5-7H,2,4,11H2,1H3,(H,12,17);1H. The van der Waals surface area contributed by atoms with Gasteiger partial charge in [-0.25, -0.2) is 0 Å². The number of aromatic nitrogens is 4. The number of rotatable bonds is 5. The highest BCUT2D eigenvalue weighted by Crippen LogP contribution is 2.19. The second-order valence-corrected chi connectivity index (χ2v) is 4.83. The van der Waals surface area contributed by atoms with E-state index in [0.29, 0.717) is 17.1 Å². The van der Waals surface area contributed by atoms with Crippen LogP contribution in [0.5, 0.6) is 0 Å². The molecule has 0 radical (unpaired) electrons. The molecule has 0 aliphatic rings. The van der Waals surface area contributed by atoms with Crippen LogP contribution in [0.3, 0.4) is 0 Å². The van der Waals surface area contributed by atoms with Crippen molar-refractivity contribution in [1.29, 1.82) is 0 Å². The Morgan fingerprint density at radius 2 is 2.42 bits per heavy atom. The minimum Gasteiger partial charge on any atom is -0.351 e. The summed E-state index contributed by atoms with van der Waals surface area (Å²) in [7, 11) is 0. The third kappa shape index (κ3) is 3.98. The number of amides is 1. The van der Waals surface area contributed by atoms with Gasteiger partial charge in [0.2, 0.25) is 0 Å². The molecule has 2 aromatic rings. The predicted molar refractivity (Wildman–Crippen MR) is 74.9 cm³/mol. The number of thiophene rings is 1. The lowest BCUT2D eigenvalue weighted by Crippen LogP contribution is -2.29. The average molecular weight is 303 g/mol. The van der Waals surface area contributed by atoms with E-state index >= 15 is 0 Å². The SMILES string of the molecule is CC(N)CCNC(=O)c1sccc1-n1cnnn1.Cl. The number of nitrogens with two attached hydrogens (primary N) is 1. The Labute approximate surface area is 120 Å². The molecule has 104 valence electrons. The van der Waals surface area contributed by atoms with Crippen molar-refractivity contribution >= 4 is 29.7 Å². The van der Waals surface area contributed by atoms with Crippen molar-refractivity contribution < 1.29 is 4.79 Å². The Morgan fingerprint density at radius 1 is 1.63 bits per heavy atom. The summed E-state index contributed by atoms with van der Waals surface area (Å²) in [5, 5.41) is 15.5. The molecule has 0 spiro atoms. The smallest absolute Gasteiger partial charge is 0.263 e. The number of tetrazole rings is 1. The van der Waals surface area contributed by atoms with Gasteiger partial charge in [0.1, 0.15) is 11.2 Å². The van der Waals surface area contributed by atoms with Crippen LogP contribution in [0.4, 0.5) is 0 Å². The van der Waals surface area contributed by atoms with Crippen molar-refractivity contribution in [2.45, 2.75) is 19.4 Å². The third-order valence-electron chi connectivity index (χ3n) is 2.33. The van der Waals surface area contributed by atoms with Crippen LogP contribution >= 0.6 is 23.7 Å². The average Bonchev–Trinajstić information content (AvgIpc) is 2.99. The molecule has 7 nitrogen and oxygen atoms in total. The highest BCUT2D eigenvalue weighted by molar-refractivity contribution is 7.12. The van der Waals surface area contributed by atoms with Crippen molar-refractivity contribution in [2.75, 3.05) is 6.54 Å². The summed E-state index contributed by atoms with van der Waals surface area (Å²) in [6.07, 6.45) is 2.21. The Bertz CT molecular complexity index is 512. The Hall–Kier alpha value is -1.51. The molecular formula is C10H15ClN6OS. The normalized spacial score (nSPS) is 11.7. The fraction of sp³-hybridized carbons (Fsp3) is 0.400. The number of nitrogens with zero attached hydrogens (tertiary/aromatic N) is 4. The molecule has 2 aromatic heterocycles. The number of carbonyl (C=O) groups excluding carboxylic acids is 1. The maximum Gasteiger partial charge on any atom is 0.263 e. The van der Waals surface area contributed by atoms with E-state index in [-0.39, 0.29) is 24.4 Å². The van der Waals surface area contributed by atoms with Crippen molar-refractivity contribution in [3.05, 3.63) is 22.7 Å². The van der Waals surface area contributed by atoms with E-state index in [1.165, 1.54) is 22.3 Å². The van der Waals surface area contributed by atoms with Gasteiger partial charge in [-0.15, -0.1) is 28.8 Å². The summed E-state index contributed by atoms with van der Waals surface area (Å²) in [5.41, 5.74) is 6.31. The number of nitrogens with one attached hydrogen (secondary N) is 1. The van der Waals surface area contributed by atoms with Gasteiger partial charge in [0.05, 0.1) is 5.69 Å². The zero-order chi connectivity index (χ0) is 13.0. The van der Waals surface area contributed by atoms with E-state index in [1.807, 2.05) is 18.4 Å². The van der Waals surface area contributed by atoms with Crippen LogP contribution in [0.1, 0.15) is 23.0 Å². The second kappa shape index (κ2) is 7.17. The quantitative estimate of drug-likeness (QED) is 0.843. The molecule has 19 heavy (non-hydrogen) atoms. The van der Waals surface area contributed by atoms with Gasteiger partial charge in [-0.2, -0.15) is 4.68 Å². The Balaban J connectivity index is 0.00000180. The highest BCUT2D eigenvalue weighted by Gasteiger charge is 2.15. The lowest BCUT2D eigenvalue weighted by Gasteiger charge is -2.07. The zero-order valence-corrected chi connectivity index (χ0v) is 11.9. The van der Waals surface area contributed by atoms with Gasteiger partial charge in [0, 0.05) is 12.6 Å². The van der Waals surface area contributed by atoms with E-state index < -0.39 is 0 Å². The molecule has 9 heteroatoms. The molecular weight excluding hydrogens is 288 g/mol. The van der Waals surface area contributed by atoms with Crippen molar-refractivity contribution in [3.8, 4) is 5.69 Å². The summed E-state index contributed by atoms with van der Waals surface area (Å²) in [6.45, 7) is 2.47. The monoisotopic (exact) mass is 302 g/mol. The first kappa shape index (κ1) is 15.5. The summed E-state index contributed by atoms with van der Waals surface area (Å²) in [4.78, 5) is 12.6. The van der Waals surface area contributed by atoms with Gasteiger partial charge in [-0.05, 0) is 35.2 Å². The van der Waals surface area contributed by atoms with Crippen LogP contribution in [0.25, 0.3) is 5.69 Å². The number of carbonyl (C=O) groups is 1. The minimum atomic E-state index is -0.129. The topological polar surface area (TPSA) is 98.7 Å². The largest absolute Gasteiger partial charge is 0.351 e. The van der Waals surface area contributed by atoms with Crippen molar-refractivity contribution in [2.24, 2.45) is 5.73 Å². The first-order chi connectivity index (χ1) is 8.68. The van der Waals surface area contributed by atoms with Gasteiger partial charge < -0.3 is 11.1 Å². The lowest BCUT2D eigenvalue weighted by atomic mass is 10.2. The molecule has 1 amide bonds. The Kier molecular flexibility index (Phi) is 5.87. The molecule has 2 heterocycles. The van der Waals surface area contributed by atoms with E-state index in [2.05, 4.69) is 20.8 Å². The van der Waals surface area contributed by atoms with E-state index in [0.717, 1.165) is 6.42 Å². The molecule has 0 fully saturated rings. The molecule has 0 aliphatic heterocycles. The van der Waals surface area contributed by atoms with Crippen LogP contribution in [0.15, 0.2) is 17.8 Å². The molecule has 0 aliphatic carbocycles. The molecule has 0 bridgehead atoms. The minimum absolute atomic E-state index is 0. The van der Waals surface area contributed by atoms with E-state index in [9.17, 15) is 4.79 Å². The van der Waals surface area contributed by atoms with Gasteiger partial charge in [-0.3, -0.25) is 4.79 Å². The molecule has 1 unspecified atom stereocenters. The highest BCUT2D eigenvalue weighted by atomic mass is 35.5. The molecule has 0 aromatic carbocycles. The van der Waals surface area contributed by atoms with E-state index in [4.69, 9.17) is 5.73 Å². The van der Waals surface area contributed by atoms with Crippen LogP contribution in [0, 0.1) is 0 Å². The maximum absolute atomic E-state index is 12.0. The number of halogens is 1. The fourth-order valence-corrected chi connectivity index (χ4v) is 2.21. The third-order valence-corrected chi connectivity index (χ3v) is 3.23. The van der Waals surface area contributed by atoms with E-state index in [1.54, 1.807) is 0 Å². The van der Waals surface area contributed by atoms with Gasteiger partial charge >= 0.3 is 0 Å².